The molecule has 0 saturated heterocycles. The van der Waals surface area contributed by atoms with E-state index in [1.165, 1.54) is 12.1 Å². The third-order valence-electron chi connectivity index (χ3n) is 3.48. The van der Waals surface area contributed by atoms with Crippen LogP contribution in [-0.4, -0.2) is 9.38 Å². The van der Waals surface area contributed by atoms with Gasteiger partial charge in [0.1, 0.15) is 5.65 Å². The molecule has 0 bridgehead atoms. The number of imidazole rings is 1. The third kappa shape index (κ3) is 2.96. The van der Waals surface area contributed by atoms with Crippen LogP contribution in [0.3, 0.4) is 0 Å². The number of rotatable bonds is 3. The van der Waals surface area contributed by atoms with Gasteiger partial charge in [-0.25, -0.2) is 4.98 Å². The molecule has 0 fully saturated rings. The zero-order valence-corrected chi connectivity index (χ0v) is 11.6. The highest BCUT2D eigenvalue weighted by Gasteiger charge is 2.29. The van der Waals surface area contributed by atoms with Crippen molar-refractivity contribution in [1.29, 1.82) is 0 Å². The van der Waals surface area contributed by atoms with E-state index in [1.807, 2.05) is 28.9 Å². The van der Waals surface area contributed by atoms with E-state index in [0.717, 1.165) is 34.6 Å². The lowest BCUT2D eigenvalue weighted by Crippen LogP contribution is -2.04. The van der Waals surface area contributed by atoms with E-state index in [9.17, 15) is 13.2 Å². The minimum absolute atomic E-state index is 0.442. The summed E-state index contributed by atoms with van der Waals surface area (Å²) in [6.45, 7) is 0.442. The number of nitrogens with zero attached hydrogens (tertiary/aromatic N) is 2. The van der Waals surface area contributed by atoms with E-state index >= 15 is 0 Å². The number of aromatic nitrogens is 2. The molecule has 2 heterocycles. The van der Waals surface area contributed by atoms with Crippen LogP contribution in [0.4, 0.5) is 13.2 Å². The first-order chi connectivity index (χ1) is 10.5. The number of benzene rings is 1. The summed E-state index contributed by atoms with van der Waals surface area (Å²) in [6.07, 6.45) is -0.0773. The van der Waals surface area contributed by atoms with Crippen molar-refractivity contribution in [1.82, 2.24) is 9.38 Å². The molecule has 0 spiro atoms. The van der Waals surface area contributed by atoms with Crippen LogP contribution < -0.4 is 5.73 Å². The van der Waals surface area contributed by atoms with Crippen LogP contribution >= 0.6 is 0 Å². The summed E-state index contributed by atoms with van der Waals surface area (Å²) in [5.74, 6) is 0. The standard InChI is InChI=1S/C16H14F3N3/c17-16(18,19)13-3-1-11(2-4-13)7-14-10-22-6-5-12(9-20)8-15(22)21-14/h1-6,8,10H,7,9,20H2. The Balaban J connectivity index is 1.83. The molecule has 0 saturated carbocycles. The molecule has 0 aliphatic rings. The Morgan fingerprint density at radius 2 is 1.77 bits per heavy atom. The summed E-state index contributed by atoms with van der Waals surface area (Å²) in [5.41, 5.74) is 8.31. The van der Waals surface area contributed by atoms with Gasteiger partial charge in [-0.15, -0.1) is 0 Å². The Morgan fingerprint density at radius 3 is 2.41 bits per heavy atom. The molecule has 0 aliphatic carbocycles. The Morgan fingerprint density at radius 1 is 1.05 bits per heavy atom. The molecule has 0 amide bonds. The molecule has 0 atom stereocenters. The molecule has 0 aliphatic heterocycles. The zero-order chi connectivity index (χ0) is 15.7. The number of pyridine rings is 1. The van der Waals surface area contributed by atoms with Gasteiger partial charge in [0.2, 0.25) is 0 Å². The van der Waals surface area contributed by atoms with E-state index in [4.69, 9.17) is 5.73 Å². The molecule has 22 heavy (non-hydrogen) atoms. The van der Waals surface area contributed by atoms with Crippen molar-refractivity contribution in [3.05, 3.63) is 71.2 Å². The van der Waals surface area contributed by atoms with Crippen molar-refractivity contribution >= 4 is 5.65 Å². The minimum Gasteiger partial charge on any atom is -0.326 e. The lowest BCUT2D eigenvalue weighted by molar-refractivity contribution is -0.137. The van der Waals surface area contributed by atoms with E-state index in [0.29, 0.717) is 13.0 Å². The molecule has 3 rings (SSSR count). The Kier molecular flexibility index (Phi) is 3.62. The van der Waals surface area contributed by atoms with Crippen molar-refractivity contribution in [3.8, 4) is 0 Å². The van der Waals surface area contributed by atoms with E-state index in [2.05, 4.69) is 4.98 Å². The number of nitrogens with two attached hydrogens (primary N) is 1. The molecule has 3 aromatic rings. The second kappa shape index (κ2) is 5.46. The van der Waals surface area contributed by atoms with Crippen LogP contribution in [0.15, 0.2) is 48.8 Å². The predicted molar refractivity (Wildman–Crippen MR) is 77.3 cm³/mol. The summed E-state index contributed by atoms with van der Waals surface area (Å²) in [6, 6.07) is 8.97. The fourth-order valence-electron chi connectivity index (χ4n) is 2.31. The first-order valence-corrected chi connectivity index (χ1v) is 6.78. The number of fused-ring (bicyclic) bond motifs is 1. The highest BCUT2D eigenvalue weighted by Crippen LogP contribution is 2.29. The molecular weight excluding hydrogens is 291 g/mol. The maximum atomic E-state index is 12.5. The summed E-state index contributed by atoms with van der Waals surface area (Å²) in [4.78, 5) is 4.47. The van der Waals surface area contributed by atoms with Gasteiger partial charge in [-0.3, -0.25) is 0 Å². The van der Waals surface area contributed by atoms with Gasteiger partial charge in [0.25, 0.3) is 0 Å². The first-order valence-electron chi connectivity index (χ1n) is 6.78. The Bertz CT molecular complexity index is 788. The normalized spacial score (nSPS) is 12.0. The van der Waals surface area contributed by atoms with Gasteiger partial charge < -0.3 is 10.1 Å². The van der Waals surface area contributed by atoms with Gasteiger partial charge in [-0.05, 0) is 35.4 Å². The van der Waals surface area contributed by atoms with Crippen LogP contribution in [0, 0.1) is 0 Å². The highest BCUT2D eigenvalue weighted by atomic mass is 19.4. The fourth-order valence-corrected chi connectivity index (χ4v) is 2.31. The van der Waals surface area contributed by atoms with Gasteiger partial charge in [0.15, 0.2) is 0 Å². The Labute approximate surface area is 125 Å². The van der Waals surface area contributed by atoms with Gasteiger partial charge >= 0.3 is 6.18 Å². The average Bonchev–Trinajstić information content (AvgIpc) is 2.88. The van der Waals surface area contributed by atoms with Crippen LogP contribution in [0.25, 0.3) is 5.65 Å². The van der Waals surface area contributed by atoms with Gasteiger partial charge in [-0.2, -0.15) is 13.2 Å². The first kappa shape index (κ1) is 14.6. The summed E-state index contributed by atoms with van der Waals surface area (Å²) >= 11 is 0. The summed E-state index contributed by atoms with van der Waals surface area (Å²) < 4.78 is 39.5. The van der Waals surface area contributed by atoms with Crippen molar-refractivity contribution in [2.45, 2.75) is 19.1 Å². The molecule has 2 aromatic heterocycles. The van der Waals surface area contributed by atoms with Crippen LogP contribution in [0.5, 0.6) is 0 Å². The second-order valence-corrected chi connectivity index (χ2v) is 5.11. The largest absolute Gasteiger partial charge is 0.416 e. The van der Waals surface area contributed by atoms with Crippen LogP contribution in [0.2, 0.25) is 0 Å². The lowest BCUT2D eigenvalue weighted by Gasteiger charge is -2.06. The fraction of sp³-hybridized carbons (Fsp3) is 0.188. The third-order valence-corrected chi connectivity index (χ3v) is 3.48. The SMILES string of the molecule is NCc1ccn2cc(Cc3ccc(C(F)(F)F)cc3)nc2c1. The van der Waals surface area contributed by atoms with Crippen molar-refractivity contribution in [2.75, 3.05) is 0 Å². The van der Waals surface area contributed by atoms with Crippen molar-refractivity contribution < 1.29 is 13.2 Å². The molecule has 2 N–H and O–H groups in total. The summed E-state index contributed by atoms with van der Waals surface area (Å²) in [5, 5.41) is 0. The average molecular weight is 305 g/mol. The molecule has 1 aromatic carbocycles. The minimum atomic E-state index is -4.31. The molecule has 0 radical (unpaired) electrons. The van der Waals surface area contributed by atoms with Crippen molar-refractivity contribution in [2.24, 2.45) is 5.73 Å². The molecule has 6 heteroatoms. The predicted octanol–water partition coefficient (Wildman–Crippen LogP) is 3.40. The topological polar surface area (TPSA) is 43.3 Å². The molecule has 0 unspecified atom stereocenters. The maximum Gasteiger partial charge on any atom is 0.416 e. The van der Waals surface area contributed by atoms with Crippen LogP contribution in [0.1, 0.15) is 22.4 Å². The van der Waals surface area contributed by atoms with E-state index in [-0.39, 0.29) is 0 Å². The maximum absolute atomic E-state index is 12.5. The molecular formula is C16H14F3N3. The van der Waals surface area contributed by atoms with Crippen LogP contribution in [-0.2, 0) is 19.1 Å². The van der Waals surface area contributed by atoms with Gasteiger partial charge in [-0.1, -0.05) is 12.1 Å². The zero-order valence-electron chi connectivity index (χ0n) is 11.6. The number of alkyl halides is 3. The second-order valence-electron chi connectivity index (χ2n) is 5.11. The van der Waals surface area contributed by atoms with Gasteiger partial charge in [0.05, 0.1) is 11.3 Å². The van der Waals surface area contributed by atoms with Crippen molar-refractivity contribution in [3.63, 3.8) is 0 Å². The monoisotopic (exact) mass is 305 g/mol. The summed E-state index contributed by atoms with van der Waals surface area (Å²) in [7, 11) is 0. The highest BCUT2D eigenvalue weighted by molar-refractivity contribution is 5.43. The number of halogens is 3. The number of hydrogen-bond donors (Lipinski definition) is 1. The lowest BCUT2D eigenvalue weighted by atomic mass is 10.1. The quantitative estimate of drug-likeness (QED) is 0.806. The van der Waals surface area contributed by atoms with Gasteiger partial charge in [0, 0.05) is 25.4 Å². The molecule has 3 nitrogen and oxygen atoms in total. The smallest absolute Gasteiger partial charge is 0.326 e. The van der Waals surface area contributed by atoms with E-state index < -0.39 is 11.7 Å². The van der Waals surface area contributed by atoms with E-state index in [1.54, 1.807) is 0 Å². The number of hydrogen-bond acceptors (Lipinski definition) is 2. The molecule has 114 valence electrons. The Hall–Kier alpha value is -2.34.